The molecule has 3 nitrogen and oxygen atoms in total. The van der Waals surface area contributed by atoms with Crippen LogP contribution < -0.4 is 10.5 Å². The Balaban J connectivity index is 2.02. The molecule has 0 spiro atoms. The molecule has 1 heterocycles. The van der Waals surface area contributed by atoms with Crippen molar-refractivity contribution < 1.29 is 4.74 Å². The molecule has 0 unspecified atom stereocenters. The highest BCUT2D eigenvalue weighted by atomic mass is 32.1. The predicted molar refractivity (Wildman–Crippen MR) is 75.1 cm³/mol. The van der Waals surface area contributed by atoms with Crippen LogP contribution in [0.25, 0.3) is 0 Å². The van der Waals surface area contributed by atoms with Gasteiger partial charge >= 0.3 is 0 Å². The van der Waals surface area contributed by atoms with Crippen molar-refractivity contribution >= 4 is 11.3 Å². The van der Waals surface area contributed by atoms with E-state index in [2.05, 4.69) is 4.98 Å². The Kier molecular flexibility index (Phi) is 4.33. The average molecular weight is 262 g/mol. The van der Waals surface area contributed by atoms with Gasteiger partial charge in [0.15, 0.2) is 0 Å². The van der Waals surface area contributed by atoms with Crippen molar-refractivity contribution in [3.8, 4) is 5.75 Å². The molecule has 0 amide bonds. The number of para-hydroxylation sites is 1. The summed E-state index contributed by atoms with van der Waals surface area (Å²) in [6, 6.07) is 8.02. The molecule has 1 aromatic heterocycles. The highest BCUT2D eigenvalue weighted by Crippen LogP contribution is 2.22. The molecule has 2 aromatic rings. The van der Waals surface area contributed by atoms with Gasteiger partial charge in [0.05, 0.1) is 5.69 Å². The quantitative estimate of drug-likeness (QED) is 0.901. The third-order valence-electron chi connectivity index (χ3n) is 2.75. The maximum absolute atomic E-state index is 5.79. The number of hydrogen-bond acceptors (Lipinski definition) is 4. The Morgan fingerprint density at radius 3 is 2.78 bits per heavy atom. The van der Waals surface area contributed by atoms with Crippen molar-refractivity contribution in [3.63, 3.8) is 0 Å². The molecule has 0 fully saturated rings. The fraction of sp³-hybridized carbons (Fsp3) is 0.357. The van der Waals surface area contributed by atoms with E-state index >= 15 is 0 Å². The summed E-state index contributed by atoms with van der Waals surface area (Å²) in [7, 11) is 0. The Morgan fingerprint density at radius 2 is 2.06 bits per heavy atom. The fourth-order valence-electron chi connectivity index (χ4n) is 1.77. The molecule has 96 valence electrons. The molecule has 0 aliphatic heterocycles. The first kappa shape index (κ1) is 13.1. The lowest BCUT2D eigenvalue weighted by atomic mass is 10.2. The number of hydrogen-bond donors (Lipinski definition) is 1. The van der Waals surface area contributed by atoms with Crippen LogP contribution in [0, 0.1) is 13.8 Å². The SMILES string of the molecule is Cc1ccccc1OCc1nc(C)c(CCN)s1. The highest BCUT2D eigenvalue weighted by Gasteiger charge is 2.08. The van der Waals surface area contributed by atoms with Gasteiger partial charge in [0.25, 0.3) is 0 Å². The molecule has 0 radical (unpaired) electrons. The topological polar surface area (TPSA) is 48.1 Å². The second-order valence-electron chi connectivity index (χ2n) is 4.21. The van der Waals surface area contributed by atoms with Crippen molar-refractivity contribution in [2.45, 2.75) is 26.9 Å². The maximum atomic E-state index is 5.79. The molecule has 1 aromatic carbocycles. The molecule has 0 bridgehead atoms. The van der Waals surface area contributed by atoms with Gasteiger partial charge in [-0.1, -0.05) is 18.2 Å². The molecule has 0 saturated carbocycles. The van der Waals surface area contributed by atoms with Gasteiger partial charge in [0.1, 0.15) is 17.4 Å². The average Bonchev–Trinajstić information content (AvgIpc) is 2.70. The Morgan fingerprint density at radius 1 is 1.28 bits per heavy atom. The van der Waals surface area contributed by atoms with Gasteiger partial charge in [-0.3, -0.25) is 0 Å². The van der Waals surface area contributed by atoms with Crippen molar-refractivity contribution in [1.29, 1.82) is 0 Å². The summed E-state index contributed by atoms with van der Waals surface area (Å²) in [6.07, 6.45) is 0.897. The van der Waals surface area contributed by atoms with Gasteiger partial charge < -0.3 is 10.5 Å². The Labute approximate surface area is 112 Å². The second-order valence-corrected chi connectivity index (χ2v) is 5.38. The van der Waals surface area contributed by atoms with E-state index in [0.29, 0.717) is 13.2 Å². The van der Waals surface area contributed by atoms with Crippen LogP contribution in [0.4, 0.5) is 0 Å². The smallest absolute Gasteiger partial charge is 0.140 e. The molecule has 2 N–H and O–H groups in total. The number of nitrogens with two attached hydrogens (primary N) is 1. The minimum absolute atomic E-state index is 0.529. The van der Waals surface area contributed by atoms with Gasteiger partial charge in [-0.25, -0.2) is 4.98 Å². The summed E-state index contributed by atoms with van der Waals surface area (Å²) in [5.41, 5.74) is 7.80. The fourth-order valence-corrected chi connectivity index (χ4v) is 2.77. The first-order valence-corrected chi connectivity index (χ1v) is 6.86. The standard InChI is InChI=1S/C14H18N2OS/c1-10-5-3-4-6-12(10)17-9-14-16-11(2)13(18-14)7-8-15/h3-6H,7-9,15H2,1-2H3. The summed E-state index contributed by atoms with van der Waals surface area (Å²) in [5.74, 6) is 0.922. The summed E-state index contributed by atoms with van der Waals surface area (Å²) < 4.78 is 5.79. The predicted octanol–water partition coefficient (Wildman–Crippen LogP) is 2.84. The lowest BCUT2D eigenvalue weighted by Gasteiger charge is -2.06. The van der Waals surface area contributed by atoms with Gasteiger partial charge in [0, 0.05) is 4.88 Å². The van der Waals surface area contributed by atoms with E-state index in [1.165, 1.54) is 4.88 Å². The number of rotatable bonds is 5. The normalized spacial score (nSPS) is 10.6. The number of thiazole rings is 1. The molecular weight excluding hydrogens is 244 g/mol. The number of benzene rings is 1. The molecule has 0 saturated heterocycles. The minimum Gasteiger partial charge on any atom is -0.486 e. The van der Waals surface area contributed by atoms with Crippen molar-refractivity contribution in [2.24, 2.45) is 5.73 Å². The lowest BCUT2D eigenvalue weighted by molar-refractivity contribution is 0.303. The van der Waals surface area contributed by atoms with E-state index in [4.69, 9.17) is 10.5 Å². The number of aryl methyl sites for hydroxylation is 2. The molecule has 2 rings (SSSR count). The molecule has 0 aliphatic carbocycles. The van der Waals surface area contributed by atoms with Gasteiger partial charge in [-0.05, 0) is 38.4 Å². The summed E-state index contributed by atoms with van der Waals surface area (Å²) >= 11 is 1.69. The molecule has 0 atom stereocenters. The summed E-state index contributed by atoms with van der Waals surface area (Å²) in [4.78, 5) is 5.78. The number of aromatic nitrogens is 1. The van der Waals surface area contributed by atoms with E-state index in [9.17, 15) is 0 Å². The molecule has 4 heteroatoms. The molecular formula is C14H18N2OS. The van der Waals surface area contributed by atoms with Gasteiger partial charge in [0.2, 0.25) is 0 Å². The van der Waals surface area contributed by atoms with Crippen LogP contribution >= 0.6 is 11.3 Å². The Bertz CT molecular complexity index is 522. The third kappa shape index (κ3) is 3.09. The summed E-state index contributed by atoms with van der Waals surface area (Å²) in [5, 5.41) is 1.01. The van der Waals surface area contributed by atoms with Crippen LogP contribution in [0.2, 0.25) is 0 Å². The molecule has 18 heavy (non-hydrogen) atoms. The van der Waals surface area contributed by atoms with Crippen molar-refractivity contribution in [2.75, 3.05) is 6.54 Å². The first-order valence-electron chi connectivity index (χ1n) is 6.04. The zero-order chi connectivity index (χ0) is 13.0. The van der Waals surface area contributed by atoms with Gasteiger partial charge in [-0.2, -0.15) is 0 Å². The largest absolute Gasteiger partial charge is 0.486 e. The Hall–Kier alpha value is -1.39. The van der Waals surface area contributed by atoms with Crippen LogP contribution in [-0.2, 0) is 13.0 Å². The van der Waals surface area contributed by atoms with Crippen molar-refractivity contribution in [3.05, 3.63) is 45.4 Å². The van der Waals surface area contributed by atoms with Crippen LogP contribution in [-0.4, -0.2) is 11.5 Å². The van der Waals surface area contributed by atoms with Crippen LogP contribution in [0.3, 0.4) is 0 Å². The number of ether oxygens (including phenoxy) is 1. The van der Waals surface area contributed by atoms with E-state index in [0.717, 1.165) is 28.4 Å². The lowest BCUT2D eigenvalue weighted by Crippen LogP contribution is -2.01. The zero-order valence-corrected chi connectivity index (χ0v) is 11.6. The van der Waals surface area contributed by atoms with E-state index < -0.39 is 0 Å². The monoisotopic (exact) mass is 262 g/mol. The van der Waals surface area contributed by atoms with Crippen LogP contribution in [0.5, 0.6) is 5.75 Å². The maximum Gasteiger partial charge on any atom is 0.140 e. The molecule has 0 aliphatic rings. The van der Waals surface area contributed by atoms with Crippen LogP contribution in [0.1, 0.15) is 21.1 Å². The zero-order valence-electron chi connectivity index (χ0n) is 10.8. The first-order chi connectivity index (χ1) is 8.70. The second kappa shape index (κ2) is 5.98. The van der Waals surface area contributed by atoms with Gasteiger partial charge in [-0.15, -0.1) is 11.3 Å². The van der Waals surface area contributed by atoms with E-state index in [-0.39, 0.29) is 0 Å². The summed E-state index contributed by atoms with van der Waals surface area (Å²) in [6.45, 7) is 5.27. The van der Waals surface area contributed by atoms with Crippen LogP contribution in [0.15, 0.2) is 24.3 Å². The highest BCUT2D eigenvalue weighted by molar-refractivity contribution is 7.11. The van der Waals surface area contributed by atoms with E-state index in [1.54, 1.807) is 11.3 Å². The van der Waals surface area contributed by atoms with E-state index in [1.807, 2.05) is 38.1 Å². The third-order valence-corrected chi connectivity index (χ3v) is 3.94. The minimum atomic E-state index is 0.529. The number of nitrogens with zero attached hydrogens (tertiary/aromatic N) is 1. The van der Waals surface area contributed by atoms with Crippen molar-refractivity contribution in [1.82, 2.24) is 4.98 Å².